The number of H-pyrrole nitrogens is 1. The molecule has 2 amide bonds. The van der Waals surface area contributed by atoms with E-state index in [1.807, 2.05) is 70.5 Å². The van der Waals surface area contributed by atoms with Crippen LogP contribution in [-0.2, 0) is 4.79 Å². The van der Waals surface area contributed by atoms with Crippen molar-refractivity contribution in [2.75, 3.05) is 19.6 Å². The van der Waals surface area contributed by atoms with E-state index in [1.54, 1.807) is 6.92 Å². The second kappa shape index (κ2) is 6.67. The van der Waals surface area contributed by atoms with Crippen molar-refractivity contribution < 1.29 is 9.59 Å². The summed E-state index contributed by atoms with van der Waals surface area (Å²) >= 11 is 0. The molecule has 1 atom stereocenters. The highest BCUT2D eigenvalue weighted by atomic mass is 16.2. The van der Waals surface area contributed by atoms with E-state index in [2.05, 4.69) is 4.98 Å². The average molecular weight is 347 g/mol. The fourth-order valence-corrected chi connectivity index (χ4v) is 3.62. The number of para-hydroxylation sites is 1. The van der Waals surface area contributed by atoms with Crippen LogP contribution in [0.2, 0.25) is 0 Å². The van der Waals surface area contributed by atoms with Gasteiger partial charge in [0.05, 0.1) is 6.04 Å². The number of fused-ring (bicyclic) bond motifs is 1. The normalized spacial score (nSPS) is 17.5. The number of amides is 2. The molecule has 5 nitrogen and oxygen atoms in total. The van der Waals surface area contributed by atoms with Crippen LogP contribution in [0.5, 0.6) is 0 Å². The highest BCUT2D eigenvalue weighted by molar-refractivity contribution is 5.98. The van der Waals surface area contributed by atoms with E-state index in [-0.39, 0.29) is 17.9 Å². The maximum atomic E-state index is 13.2. The second-order valence-corrected chi connectivity index (χ2v) is 6.66. The fraction of sp³-hybridized carbons (Fsp3) is 0.238. The monoisotopic (exact) mass is 347 g/mol. The number of aromatic nitrogens is 1. The molecule has 26 heavy (non-hydrogen) atoms. The summed E-state index contributed by atoms with van der Waals surface area (Å²) in [6.45, 7) is 3.18. The molecule has 2 heterocycles. The Hall–Kier alpha value is -3.08. The van der Waals surface area contributed by atoms with E-state index in [1.165, 1.54) is 0 Å². The van der Waals surface area contributed by atoms with Gasteiger partial charge in [0, 0.05) is 37.5 Å². The molecular formula is C21H21N3O2. The topological polar surface area (TPSA) is 56.4 Å². The number of hydrogen-bond donors (Lipinski definition) is 1. The maximum Gasteiger partial charge on any atom is 0.270 e. The van der Waals surface area contributed by atoms with Crippen LogP contribution in [0.4, 0.5) is 0 Å². The van der Waals surface area contributed by atoms with Crippen molar-refractivity contribution in [1.82, 2.24) is 14.8 Å². The van der Waals surface area contributed by atoms with E-state index >= 15 is 0 Å². The van der Waals surface area contributed by atoms with Crippen molar-refractivity contribution in [3.63, 3.8) is 0 Å². The number of benzene rings is 2. The van der Waals surface area contributed by atoms with Gasteiger partial charge in [0.2, 0.25) is 5.91 Å². The van der Waals surface area contributed by atoms with Crippen molar-refractivity contribution in [3.05, 3.63) is 71.9 Å². The summed E-state index contributed by atoms with van der Waals surface area (Å²) in [4.78, 5) is 32.0. The average Bonchev–Trinajstić information content (AvgIpc) is 3.12. The van der Waals surface area contributed by atoms with Crippen LogP contribution in [0.1, 0.15) is 29.0 Å². The van der Waals surface area contributed by atoms with Gasteiger partial charge in [-0.05, 0) is 17.7 Å². The van der Waals surface area contributed by atoms with Crippen LogP contribution in [0.25, 0.3) is 10.9 Å². The number of rotatable bonds is 2. The zero-order valence-corrected chi connectivity index (χ0v) is 14.7. The molecule has 4 rings (SSSR count). The number of piperazine rings is 1. The molecule has 1 aliphatic heterocycles. The van der Waals surface area contributed by atoms with Gasteiger partial charge >= 0.3 is 0 Å². The number of nitrogens with one attached hydrogen (secondary N) is 1. The van der Waals surface area contributed by atoms with Gasteiger partial charge in [0.25, 0.3) is 5.91 Å². The molecule has 1 N–H and O–H groups in total. The Bertz CT molecular complexity index is 915. The predicted octanol–water partition coefficient (Wildman–Crippen LogP) is 3.21. The van der Waals surface area contributed by atoms with Crippen LogP contribution in [0.3, 0.4) is 0 Å². The lowest BCUT2D eigenvalue weighted by Crippen LogP contribution is -2.51. The van der Waals surface area contributed by atoms with Gasteiger partial charge in [-0.1, -0.05) is 48.5 Å². The Labute approximate surface area is 152 Å². The van der Waals surface area contributed by atoms with E-state index in [4.69, 9.17) is 0 Å². The van der Waals surface area contributed by atoms with E-state index < -0.39 is 0 Å². The lowest BCUT2D eigenvalue weighted by molar-refractivity contribution is -0.131. The number of carbonyl (C=O) groups is 2. The highest BCUT2D eigenvalue weighted by Gasteiger charge is 2.33. The predicted molar refractivity (Wildman–Crippen MR) is 101 cm³/mol. The van der Waals surface area contributed by atoms with Gasteiger partial charge in [-0.25, -0.2) is 0 Å². The molecule has 0 aliphatic carbocycles. The molecule has 0 bridgehead atoms. The van der Waals surface area contributed by atoms with Crippen molar-refractivity contribution >= 4 is 22.7 Å². The Kier molecular flexibility index (Phi) is 4.21. The molecule has 1 aromatic heterocycles. The highest BCUT2D eigenvalue weighted by Crippen LogP contribution is 2.28. The number of nitrogens with zero attached hydrogens (tertiary/aromatic N) is 2. The van der Waals surface area contributed by atoms with Crippen molar-refractivity contribution in [3.8, 4) is 0 Å². The van der Waals surface area contributed by atoms with Gasteiger partial charge in [0.1, 0.15) is 5.69 Å². The lowest BCUT2D eigenvalue weighted by atomic mass is 10.0. The summed E-state index contributed by atoms with van der Waals surface area (Å²) < 4.78 is 0. The minimum Gasteiger partial charge on any atom is -0.351 e. The molecule has 0 spiro atoms. The first kappa shape index (κ1) is 16.4. The Morgan fingerprint density at radius 2 is 1.73 bits per heavy atom. The van der Waals surface area contributed by atoms with Crippen LogP contribution < -0.4 is 0 Å². The first-order chi connectivity index (χ1) is 12.6. The van der Waals surface area contributed by atoms with E-state index in [0.29, 0.717) is 25.3 Å². The van der Waals surface area contributed by atoms with Crippen molar-refractivity contribution in [1.29, 1.82) is 0 Å². The first-order valence-electron chi connectivity index (χ1n) is 8.82. The third-order valence-electron chi connectivity index (χ3n) is 5.03. The van der Waals surface area contributed by atoms with E-state index in [9.17, 15) is 9.59 Å². The smallest absolute Gasteiger partial charge is 0.270 e. The Balaban J connectivity index is 1.68. The van der Waals surface area contributed by atoms with Crippen LogP contribution in [0.15, 0.2) is 60.7 Å². The third kappa shape index (κ3) is 2.96. The zero-order valence-electron chi connectivity index (χ0n) is 14.7. The lowest BCUT2D eigenvalue weighted by Gasteiger charge is -2.41. The van der Waals surface area contributed by atoms with Crippen LogP contribution >= 0.6 is 0 Å². The quantitative estimate of drug-likeness (QED) is 0.774. The fourth-order valence-electron chi connectivity index (χ4n) is 3.62. The number of aromatic amines is 1. The third-order valence-corrected chi connectivity index (χ3v) is 5.03. The Morgan fingerprint density at radius 1 is 1.00 bits per heavy atom. The zero-order chi connectivity index (χ0) is 18.1. The molecule has 1 saturated heterocycles. The van der Waals surface area contributed by atoms with Gasteiger partial charge in [-0.2, -0.15) is 0 Å². The minimum atomic E-state index is -0.146. The summed E-state index contributed by atoms with van der Waals surface area (Å²) in [7, 11) is 0. The molecule has 1 aliphatic rings. The molecule has 3 aromatic rings. The van der Waals surface area contributed by atoms with Crippen molar-refractivity contribution in [2.24, 2.45) is 0 Å². The summed E-state index contributed by atoms with van der Waals surface area (Å²) in [5.74, 6) is 0.0156. The van der Waals surface area contributed by atoms with Gasteiger partial charge in [0.15, 0.2) is 0 Å². The number of carbonyl (C=O) groups excluding carboxylic acids is 2. The summed E-state index contributed by atoms with van der Waals surface area (Å²) in [6.07, 6.45) is 0. The first-order valence-corrected chi connectivity index (χ1v) is 8.82. The van der Waals surface area contributed by atoms with Gasteiger partial charge < -0.3 is 14.8 Å². The van der Waals surface area contributed by atoms with E-state index in [0.717, 1.165) is 16.5 Å². The largest absolute Gasteiger partial charge is 0.351 e. The summed E-state index contributed by atoms with van der Waals surface area (Å²) in [5, 5.41) is 1.02. The SMILES string of the molecule is CC(=O)N1CCN(C(=O)c2cc3ccccc3[nH]2)[C@@H](c2ccccc2)C1. The molecule has 0 saturated carbocycles. The van der Waals surface area contributed by atoms with Crippen molar-refractivity contribution in [2.45, 2.75) is 13.0 Å². The number of hydrogen-bond acceptors (Lipinski definition) is 2. The standard InChI is InChI=1S/C21H21N3O2/c1-15(25)23-11-12-24(20(14-23)16-7-3-2-4-8-16)21(26)19-13-17-9-5-6-10-18(17)22-19/h2-10,13,20,22H,11-12,14H2,1H3/t20-/m1/s1. The molecule has 2 aromatic carbocycles. The van der Waals surface area contributed by atoms with Gasteiger partial charge in [-0.15, -0.1) is 0 Å². The molecular weight excluding hydrogens is 326 g/mol. The molecule has 132 valence electrons. The molecule has 5 heteroatoms. The molecule has 1 fully saturated rings. The molecule has 0 unspecified atom stereocenters. The summed E-state index contributed by atoms with van der Waals surface area (Å²) in [5.41, 5.74) is 2.58. The summed E-state index contributed by atoms with van der Waals surface area (Å²) in [6, 6.07) is 19.5. The van der Waals surface area contributed by atoms with Crippen LogP contribution in [-0.4, -0.2) is 46.2 Å². The van der Waals surface area contributed by atoms with Gasteiger partial charge in [-0.3, -0.25) is 9.59 Å². The second-order valence-electron chi connectivity index (χ2n) is 6.66. The Morgan fingerprint density at radius 3 is 2.46 bits per heavy atom. The maximum absolute atomic E-state index is 13.2. The minimum absolute atomic E-state index is 0.0294. The molecule has 0 radical (unpaired) electrons. The van der Waals surface area contributed by atoms with Crippen LogP contribution in [0, 0.1) is 0 Å².